The van der Waals surface area contributed by atoms with Crippen LogP contribution in [0.25, 0.3) is 0 Å². The molecule has 1 aromatic rings. The molecule has 19 heavy (non-hydrogen) atoms. The highest BCUT2D eigenvalue weighted by Gasteiger charge is 2.08. The SMILES string of the molecule is CCCC(CCO)CNCc1cccc(C(F)F)c1. The van der Waals surface area contributed by atoms with Crippen molar-refractivity contribution in [3.05, 3.63) is 35.4 Å². The summed E-state index contributed by atoms with van der Waals surface area (Å²) in [5, 5.41) is 12.2. The quantitative estimate of drug-likeness (QED) is 0.720. The lowest BCUT2D eigenvalue weighted by Gasteiger charge is -2.15. The van der Waals surface area contributed by atoms with Gasteiger partial charge in [-0.3, -0.25) is 0 Å². The van der Waals surface area contributed by atoms with E-state index in [-0.39, 0.29) is 12.2 Å². The molecular weight excluding hydrogens is 248 g/mol. The van der Waals surface area contributed by atoms with Gasteiger partial charge in [0.2, 0.25) is 0 Å². The van der Waals surface area contributed by atoms with Gasteiger partial charge >= 0.3 is 0 Å². The van der Waals surface area contributed by atoms with Crippen molar-refractivity contribution in [1.29, 1.82) is 0 Å². The smallest absolute Gasteiger partial charge is 0.263 e. The fraction of sp³-hybridized carbons (Fsp3) is 0.600. The Bertz CT molecular complexity index is 352. The number of nitrogens with one attached hydrogen (secondary N) is 1. The Morgan fingerprint density at radius 2 is 2.05 bits per heavy atom. The van der Waals surface area contributed by atoms with Gasteiger partial charge in [0, 0.05) is 18.7 Å². The molecule has 0 spiro atoms. The Morgan fingerprint density at radius 3 is 2.68 bits per heavy atom. The van der Waals surface area contributed by atoms with Crippen LogP contribution in [-0.4, -0.2) is 18.3 Å². The molecule has 1 aromatic carbocycles. The van der Waals surface area contributed by atoms with Crippen LogP contribution >= 0.6 is 0 Å². The van der Waals surface area contributed by atoms with Crippen molar-refractivity contribution < 1.29 is 13.9 Å². The zero-order valence-corrected chi connectivity index (χ0v) is 11.4. The van der Waals surface area contributed by atoms with Crippen LogP contribution < -0.4 is 5.32 Å². The van der Waals surface area contributed by atoms with Crippen molar-refractivity contribution in [2.75, 3.05) is 13.2 Å². The summed E-state index contributed by atoms with van der Waals surface area (Å²) in [4.78, 5) is 0. The lowest BCUT2D eigenvalue weighted by Crippen LogP contribution is -2.23. The molecule has 0 aliphatic carbocycles. The zero-order chi connectivity index (χ0) is 14.1. The molecule has 2 N–H and O–H groups in total. The van der Waals surface area contributed by atoms with Crippen molar-refractivity contribution >= 4 is 0 Å². The van der Waals surface area contributed by atoms with Gasteiger partial charge < -0.3 is 10.4 Å². The minimum absolute atomic E-state index is 0.0692. The average molecular weight is 271 g/mol. The number of hydrogen-bond acceptors (Lipinski definition) is 2. The maximum Gasteiger partial charge on any atom is 0.263 e. The van der Waals surface area contributed by atoms with Crippen LogP contribution in [0.3, 0.4) is 0 Å². The first-order valence-corrected chi connectivity index (χ1v) is 6.86. The molecule has 0 fully saturated rings. The topological polar surface area (TPSA) is 32.3 Å². The number of halogens is 2. The molecule has 0 aliphatic heterocycles. The van der Waals surface area contributed by atoms with Gasteiger partial charge in [-0.2, -0.15) is 0 Å². The molecule has 0 aliphatic rings. The van der Waals surface area contributed by atoms with Crippen LogP contribution in [0.4, 0.5) is 8.78 Å². The van der Waals surface area contributed by atoms with E-state index in [4.69, 9.17) is 5.11 Å². The summed E-state index contributed by atoms with van der Waals surface area (Å²) >= 11 is 0. The molecule has 0 saturated carbocycles. The van der Waals surface area contributed by atoms with Gasteiger partial charge in [-0.25, -0.2) is 8.78 Å². The summed E-state index contributed by atoms with van der Waals surface area (Å²) in [6.07, 6.45) is 0.539. The average Bonchev–Trinajstić information content (AvgIpc) is 2.39. The first-order valence-electron chi connectivity index (χ1n) is 6.86. The Morgan fingerprint density at radius 1 is 1.26 bits per heavy atom. The van der Waals surface area contributed by atoms with Gasteiger partial charge in [-0.1, -0.05) is 31.5 Å². The molecule has 108 valence electrons. The molecule has 0 bridgehead atoms. The Hall–Kier alpha value is -1.00. The van der Waals surface area contributed by atoms with Crippen molar-refractivity contribution in [2.24, 2.45) is 5.92 Å². The van der Waals surface area contributed by atoms with Crippen molar-refractivity contribution in [2.45, 2.75) is 39.2 Å². The van der Waals surface area contributed by atoms with Gasteiger partial charge in [0.1, 0.15) is 0 Å². The van der Waals surface area contributed by atoms with E-state index in [1.165, 1.54) is 6.07 Å². The minimum Gasteiger partial charge on any atom is -0.396 e. The van der Waals surface area contributed by atoms with E-state index in [0.29, 0.717) is 12.5 Å². The molecule has 1 rings (SSSR count). The Kier molecular flexibility index (Phi) is 7.60. The molecule has 2 nitrogen and oxygen atoms in total. The molecule has 4 heteroatoms. The molecule has 1 atom stereocenters. The molecular formula is C15H23F2NO. The number of rotatable bonds is 9. The second kappa shape index (κ2) is 8.99. The van der Waals surface area contributed by atoms with Gasteiger partial charge in [0.15, 0.2) is 0 Å². The maximum absolute atomic E-state index is 12.6. The number of benzene rings is 1. The third-order valence-electron chi connectivity index (χ3n) is 3.20. The summed E-state index contributed by atoms with van der Waals surface area (Å²) < 4.78 is 25.1. The lowest BCUT2D eigenvalue weighted by atomic mass is 10.00. The predicted molar refractivity (Wildman–Crippen MR) is 73.2 cm³/mol. The highest BCUT2D eigenvalue weighted by Crippen LogP contribution is 2.19. The normalized spacial score (nSPS) is 12.9. The second-order valence-electron chi connectivity index (χ2n) is 4.84. The molecule has 0 aromatic heterocycles. The van der Waals surface area contributed by atoms with Gasteiger partial charge in [-0.05, 0) is 36.9 Å². The number of alkyl halides is 2. The van der Waals surface area contributed by atoms with Crippen LogP contribution in [0.15, 0.2) is 24.3 Å². The van der Waals surface area contributed by atoms with E-state index >= 15 is 0 Å². The van der Waals surface area contributed by atoms with Gasteiger partial charge in [0.05, 0.1) is 0 Å². The van der Waals surface area contributed by atoms with E-state index in [0.717, 1.165) is 31.4 Å². The van der Waals surface area contributed by atoms with E-state index in [9.17, 15) is 8.78 Å². The highest BCUT2D eigenvalue weighted by molar-refractivity contribution is 5.24. The molecule has 1 unspecified atom stereocenters. The van der Waals surface area contributed by atoms with Crippen molar-refractivity contribution in [1.82, 2.24) is 5.32 Å². The fourth-order valence-electron chi connectivity index (χ4n) is 2.20. The van der Waals surface area contributed by atoms with E-state index in [1.54, 1.807) is 12.1 Å². The third kappa shape index (κ3) is 6.12. The first kappa shape index (κ1) is 16.1. The van der Waals surface area contributed by atoms with Crippen LogP contribution in [0.5, 0.6) is 0 Å². The summed E-state index contributed by atoms with van der Waals surface area (Å²) in [5.74, 6) is 0.452. The fourth-order valence-corrected chi connectivity index (χ4v) is 2.20. The number of aliphatic hydroxyl groups excluding tert-OH is 1. The summed E-state index contributed by atoms with van der Waals surface area (Å²) in [6.45, 7) is 3.73. The highest BCUT2D eigenvalue weighted by atomic mass is 19.3. The van der Waals surface area contributed by atoms with Gasteiger partial charge in [-0.15, -0.1) is 0 Å². The third-order valence-corrected chi connectivity index (χ3v) is 3.20. The molecule has 0 heterocycles. The number of aliphatic hydroxyl groups is 1. The molecule has 0 amide bonds. The van der Waals surface area contributed by atoms with Gasteiger partial charge in [0.25, 0.3) is 6.43 Å². The lowest BCUT2D eigenvalue weighted by molar-refractivity contribution is 0.151. The van der Waals surface area contributed by atoms with Crippen LogP contribution in [0, 0.1) is 5.92 Å². The predicted octanol–water partition coefficient (Wildman–Crippen LogP) is 3.51. The minimum atomic E-state index is -2.41. The summed E-state index contributed by atoms with van der Waals surface area (Å²) in [6, 6.07) is 6.49. The monoisotopic (exact) mass is 271 g/mol. The second-order valence-corrected chi connectivity index (χ2v) is 4.84. The van der Waals surface area contributed by atoms with Crippen LogP contribution in [0.2, 0.25) is 0 Å². The summed E-state index contributed by atoms with van der Waals surface area (Å²) in [7, 11) is 0. The Balaban J connectivity index is 2.41. The van der Waals surface area contributed by atoms with E-state index in [2.05, 4.69) is 12.2 Å². The van der Waals surface area contributed by atoms with E-state index < -0.39 is 6.43 Å². The first-order chi connectivity index (χ1) is 9.17. The largest absolute Gasteiger partial charge is 0.396 e. The van der Waals surface area contributed by atoms with E-state index in [1.807, 2.05) is 6.07 Å². The van der Waals surface area contributed by atoms with Crippen molar-refractivity contribution in [3.63, 3.8) is 0 Å². The van der Waals surface area contributed by atoms with Crippen molar-refractivity contribution in [3.8, 4) is 0 Å². The standard InChI is InChI=1S/C15H23F2NO/c1-2-4-12(7-8-19)10-18-11-13-5-3-6-14(9-13)15(16)17/h3,5-6,9,12,15,18-19H,2,4,7-8,10-11H2,1H3. The summed E-state index contributed by atoms with van der Waals surface area (Å²) in [5.41, 5.74) is 0.941. The number of hydrogen-bond donors (Lipinski definition) is 2. The Labute approximate surface area is 113 Å². The molecule has 0 saturated heterocycles. The van der Waals surface area contributed by atoms with Crippen LogP contribution in [-0.2, 0) is 6.54 Å². The molecule has 0 radical (unpaired) electrons. The zero-order valence-electron chi connectivity index (χ0n) is 11.4. The maximum atomic E-state index is 12.6. The van der Waals surface area contributed by atoms with Crippen LogP contribution in [0.1, 0.15) is 43.7 Å².